The number of benzene rings is 1. The van der Waals surface area contributed by atoms with Gasteiger partial charge in [-0.3, -0.25) is 0 Å². The van der Waals surface area contributed by atoms with Crippen LogP contribution in [0.5, 0.6) is 0 Å². The van der Waals surface area contributed by atoms with Gasteiger partial charge in [0.2, 0.25) is 0 Å². The van der Waals surface area contributed by atoms with Gasteiger partial charge in [0.05, 0.1) is 0 Å². The lowest BCUT2D eigenvalue weighted by molar-refractivity contribution is 0.601. The third-order valence-corrected chi connectivity index (χ3v) is 2.85. The largest absolute Gasteiger partial charge is 0.442 e. The summed E-state index contributed by atoms with van der Waals surface area (Å²) in [6, 6.07) is 13.6. The van der Waals surface area contributed by atoms with Crippen molar-refractivity contribution < 1.29 is 5.02 Å². The van der Waals surface area contributed by atoms with E-state index in [-0.39, 0.29) is 0 Å². The van der Waals surface area contributed by atoms with E-state index in [1.54, 1.807) is 11.3 Å². The van der Waals surface area contributed by atoms with Gasteiger partial charge in [0, 0.05) is 4.78 Å². The summed E-state index contributed by atoms with van der Waals surface area (Å²) in [5.74, 6) is 0. The van der Waals surface area contributed by atoms with E-state index in [0.717, 1.165) is 10.2 Å². The summed E-state index contributed by atoms with van der Waals surface area (Å²) in [4.78, 5) is 0. The Labute approximate surface area is 81.8 Å². The molecule has 0 fully saturated rings. The third kappa shape index (κ3) is 1.82. The first-order chi connectivity index (χ1) is 6.38. The molecule has 2 rings (SSSR count). The Bertz CT molecular complexity index is 358. The Morgan fingerprint density at radius 3 is 2.38 bits per heavy atom. The Morgan fingerprint density at radius 2 is 1.77 bits per heavy atom. The zero-order chi connectivity index (χ0) is 9.10. The van der Waals surface area contributed by atoms with E-state index in [2.05, 4.69) is 0 Å². The van der Waals surface area contributed by atoms with Gasteiger partial charge < -0.3 is 5.02 Å². The van der Waals surface area contributed by atoms with Crippen LogP contribution in [0.2, 0.25) is 0 Å². The van der Waals surface area contributed by atoms with Crippen LogP contribution in [-0.2, 0) is 0 Å². The lowest BCUT2D eigenvalue weighted by atomic mass is 9.60. The summed E-state index contributed by atoms with van der Waals surface area (Å²) in [5.41, 5.74) is 0.949. The van der Waals surface area contributed by atoms with Crippen molar-refractivity contribution in [2.45, 2.75) is 0 Å². The highest BCUT2D eigenvalue weighted by Crippen LogP contribution is 1.96. The molecule has 0 aliphatic rings. The monoisotopic (exact) mass is 188 g/mol. The molecule has 64 valence electrons. The molecule has 0 amide bonds. The summed E-state index contributed by atoms with van der Waals surface area (Å²) in [7, 11) is 0. The van der Waals surface area contributed by atoms with Crippen molar-refractivity contribution in [3.05, 3.63) is 47.8 Å². The molecule has 1 aromatic carbocycles. The van der Waals surface area contributed by atoms with Crippen LogP contribution in [0.4, 0.5) is 0 Å². The summed E-state index contributed by atoms with van der Waals surface area (Å²) in [6.45, 7) is -0.471. The molecule has 1 nitrogen and oxygen atoms in total. The van der Waals surface area contributed by atoms with Crippen molar-refractivity contribution in [1.82, 2.24) is 0 Å². The van der Waals surface area contributed by atoms with Crippen molar-refractivity contribution in [1.29, 1.82) is 0 Å². The molecule has 1 N–H and O–H groups in total. The summed E-state index contributed by atoms with van der Waals surface area (Å²) < 4.78 is 0.992. The van der Waals surface area contributed by atoms with Gasteiger partial charge >= 0.3 is 6.92 Å². The highest BCUT2D eigenvalue weighted by atomic mass is 32.1. The van der Waals surface area contributed by atoms with Crippen molar-refractivity contribution in [2.24, 2.45) is 0 Å². The highest BCUT2D eigenvalue weighted by molar-refractivity contribution is 7.22. The zero-order valence-electron chi connectivity index (χ0n) is 7.05. The fourth-order valence-corrected chi connectivity index (χ4v) is 1.98. The second-order valence-electron chi connectivity index (χ2n) is 2.83. The molecule has 0 bridgehead atoms. The van der Waals surface area contributed by atoms with E-state index < -0.39 is 6.92 Å². The molecule has 0 saturated carbocycles. The molecule has 1 heterocycles. The lowest BCUT2D eigenvalue weighted by Gasteiger charge is -2.02. The zero-order valence-corrected chi connectivity index (χ0v) is 7.87. The van der Waals surface area contributed by atoms with E-state index in [4.69, 9.17) is 0 Å². The maximum Gasteiger partial charge on any atom is 0.369 e. The van der Waals surface area contributed by atoms with Gasteiger partial charge in [0.1, 0.15) is 0 Å². The van der Waals surface area contributed by atoms with E-state index >= 15 is 0 Å². The van der Waals surface area contributed by atoms with Crippen molar-refractivity contribution in [2.75, 3.05) is 0 Å². The average molecular weight is 188 g/mol. The van der Waals surface area contributed by atoms with E-state index in [1.807, 2.05) is 47.8 Å². The molecule has 0 aliphatic carbocycles. The van der Waals surface area contributed by atoms with Gasteiger partial charge in [-0.05, 0) is 10.8 Å². The van der Waals surface area contributed by atoms with Crippen molar-refractivity contribution in [3.8, 4) is 0 Å². The minimum absolute atomic E-state index is 0.471. The maximum atomic E-state index is 9.89. The topological polar surface area (TPSA) is 20.2 Å². The molecule has 0 saturated heterocycles. The molecule has 1 aromatic heterocycles. The van der Waals surface area contributed by atoms with Gasteiger partial charge in [-0.1, -0.05) is 42.5 Å². The van der Waals surface area contributed by atoms with Gasteiger partial charge in [-0.2, -0.15) is 11.3 Å². The smallest absolute Gasteiger partial charge is 0.369 e. The van der Waals surface area contributed by atoms with Crippen LogP contribution in [0.3, 0.4) is 0 Å². The first kappa shape index (κ1) is 8.54. The van der Waals surface area contributed by atoms with Crippen LogP contribution < -0.4 is 10.2 Å². The minimum Gasteiger partial charge on any atom is -0.442 e. The first-order valence-corrected chi connectivity index (χ1v) is 5.02. The fourth-order valence-electron chi connectivity index (χ4n) is 1.25. The van der Waals surface area contributed by atoms with Crippen molar-refractivity contribution in [3.63, 3.8) is 0 Å². The summed E-state index contributed by atoms with van der Waals surface area (Å²) in [6.07, 6.45) is 0. The quantitative estimate of drug-likeness (QED) is 0.692. The number of hydrogen-bond acceptors (Lipinski definition) is 2. The second kappa shape index (κ2) is 3.77. The SMILES string of the molecule is OB(c1ccccc1)c1cccs1. The van der Waals surface area contributed by atoms with Gasteiger partial charge in [-0.25, -0.2) is 0 Å². The predicted octanol–water partition coefficient (Wildman–Crippen LogP) is 0.846. The number of hydrogen-bond donors (Lipinski definition) is 1. The standard InChI is InChI=1S/C10H9BOS/c12-11(10-7-4-8-13-10)9-5-2-1-3-6-9/h1-8,12H. The molecular weight excluding hydrogens is 179 g/mol. The van der Waals surface area contributed by atoms with Gasteiger partial charge in [-0.15, -0.1) is 0 Å². The summed E-state index contributed by atoms with van der Waals surface area (Å²) in [5, 5.41) is 11.9. The third-order valence-electron chi connectivity index (χ3n) is 1.93. The van der Waals surface area contributed by atoms with Crippen molar-refractivity contribution >= 4 is 28.5 Å². The highest BCUT2D eigenvalue weighted by Gasteiger charge is 2.16. The average Bonchev–Trinajstić information content (AvgIpc) is 2.71. The Hall–Kier alpha value is -1.06. The van der Waals surface area contributed by atoms with Crippen LogP contribution in [0.15, 0.2) is 47.8 Å². The Morgan fingerprint density at radius 1 is 1.00 bits per heavy atom. The Kier molecular flexibility index (Phi) is 2.48. The van der Waals surface area contributed by atoms with Gasteiger partial charge in [0.15, 0.2) is 0 Å². The second-order valence-corrected chi connectivity index (χ2v) is 3.81. The van der Waals surface area contributed by atoms with E-state index in [1.165, 1.54) is 0 Å². The number of thiophene rings is 1. The molecule has 0 atom stereocenters. The van der Waals surface area contributed by atoms with Crippen LogP contribution in [0, 0.1) is 0 Å². The molecule has 0 radical (unpaired) electrons. The Balaban J connectivity index is 2.29. The molecular formula is C10H9BOS. The van der Waals surface area contributed by atoms with Crippen LogP contribution >= 0.6 is 11.3 Å². The summed E-state index contributed by atoms with van der Waals surface area (Å²) >= 11 is 1.58. The predicted molar refractivity (Wildman–Crippen MR) is 58.0 cm³/mol. The van der Waals surface area contributed by atoms with E-state index in [9.17, 15) is 5.02 Å². The maximum absolute atomic E-state index is 9.89. The molecule has 3 heteroatoms. The number of rotatable bonds is 2. The molecule has 0 unspecified atom stereocenters. The molecule has 0 aliphatic heterocycles. The van der Waals surface area contributed by atoms with Crippen LogP contribution in [-0.4, -0.2) is 11.9 Å². The fraction of sp³-hybridized carbons (Fsp3) is 0. The first-order valence-electron chi connectivity index (χ1n) is 4.14. The molecule has 13 heavy (non-hydrogen) atoms. The molecule has 0 spiro atoms. The van der Waals surface area contributed by atoms with Crippen LogP contribution in [0.1, 0.15) is 0 Å². The van der Waals surface area contributed by atoms with Crippen LogP contribution in [0.25, 0.3) is 0 Å². The molecule has 2 aromatic rings. The minimum atomic E-state index is -0.471. The lowest BCUT2D eigenvalue weighted by Crippen LogP contribution is -2.40. The van der Waals surface area contributed by atoms with Gasteiger partial charge in [0.25, 0.3) is 0 Å². The normalized spacial score (nSPS) is 9.92. The van der Waals surface area contributed by atoms with E-state index in [0.29, 0.717) is 0 Å².